The number of rotatable bonds is 2. The van der Waals surface area contributed by atoms with Crippen LogP contribution in [0.1, 0.15) is 36.7 Å². The van der Waals surface area contributed by atoms with Gasteiger partial charge in [-0.2, -0.15) is 0 Å². The maximum Gasteiger partial charge on any atom is 0.159 e. The Morgan fingerprint density at radius 1 is 1.25 bits per heavy atom. The summed E-state index contributed by atoms with van der Waals surface area (Å²) in [6.07, 6.45) is 0. The molecule has 0 fully saturated rings. The van der Waals surface area contributed by atoms with Crippen LogP contribution in [0.25, 0.3) is 11.4 Å². The molecule has 0 aliphatic carbocycles. The average molecular weight is 353 g/mol. The van der Waals surface area contributed by atoms with E-state index in [4.69, 9.17) is 21.6 Å². The molecule has 3 rings (SSSR count). The summed E-state index contributed by atoms with van der Waals surface area (Å²) < 4.78 is 0.866. The van der Waals surface area contributed by atoms with E-state index in [2.05, 4.69) is 35.1 Å². The summed E-state index contributed by atoms with van der Waals surface area (Å²) in [4.78, 5) is 9.47. The van der Waals surface area contributed by atoms with Gasteiger partial charge in [0.1, 0.15) is 0 Å². The monoisotopic (exact) mass is 351 g/mol. The number of nitrogens with one attached hydrogen (secondary N) is 1. The number of aromatic nitrogens is 2. The fourth-order valence-corrected chi connectivity index (χ4v) is 2.93. The minimum atomic E-state index is 0.390. The fraction of sp³-hybridized carbons (Fsp3) is 0.333. The van der Waals surface area contributed by atoms with Gasteiger partial charge in [0, 0.05) is 28.7 Å². The second-order valence-corrected chi connectivity index (χ2v) is 6.51. The van der Waals surface area contributed by atoms with Crippen LogP contribution in [0.4, 0.5) is 0 Å². The summed E-state index contributed by atoms with van der Waals surface area (Å²) in [5.74, 6) is 1.16. The Morgan fingerprint density at radius 2 is 2.05 bits per heavy atom. The van der Waals surface area contributed by atoms with Gasteiger partial charge in [0.2, 0.25) is 0 Å². The number of hydrogen-bond acceptors (Lipinski definition) is 3. The van der Waals surface area contributed by atoms with Crippen molar-refractivity contribution < 1.29 is 0 Å². The van der Waals surface area contributed by atoms with Gasteiger partial charge in [0.25, 0.3) is 0 Å². The molecule has 2 aromatic rings. The number of fused-ring (bicyclic) bond motifs is 1. The Kier molecular flexibility index (Phi) is 3.80. The van der Waals surface area contributed by atoms with Crippen LogP contribution in [0.5, 0.6) is 0 Å². The van der Waals surface area contributed by atoms with Gasteiger partial charge in [-0.05, 0) is 40.0 Å². The van der Waals surface area contributed by atoms with E-state index in [1.807, 2.05) is 18.2 Å². The van der Waals surface area contributed by atoms with E-state index in [1.165, 1.54) is 5.56 Å². The van der Waals surface area contributed by atoms with Crippen molar-refractivity contribution in [3.05, 3.63) is 44.6 Å². The highest BCUT2D eigenvalue weighted by Crippen LogP contribution is 2.30. The van der Waals surface area contributed by atoms with E-state index in [0.717, 1.165) is 40.3 Å². The van der Waals surface area contributed by atoms with E-state index in [9.17, 15) is 0 Å². The molecule has 1 aromatic heterocycles. The van der Waals surface area contributed by atoms with Crippen molar-refractivity contribution in [2.75, 3.05) is 0 Å². The minimum absolute atomic E-state index is 0.390. The summed E-state index contributed by atoms with van der Waals surface area (Å²) in [7, 11) is 0. The van der Waals surface area contributed by atoms with Crippen LogP contribution in [-0.4, -0.2) is 9.97 Å². The van der Waals surface area contributed by atoms with E-state index < -0.39 is 0 Å². The fourth-order valence-electron chi connectivity index (χ4n) is 2.44. The minimum Gasteiger partial charge on any atom is -0.307 e. The maximum atomic E-state index is 6.05. The second kappa shape index (κ2) is 5.43. The number of nitrogens with zero attached hydrogens (tertiary/aromatic N) is 2. The van der Waals surface area contributed by atoms with Crippen molar-refractivity contribution in [3.8, 4) is 11.4 Å². The third-order valence-corrected chi connectivity index (χ3v) is 4.66. The summed E-state index contributed by atoms with van der Waals surface area (Å²) in [6.45, 7) is 6.03. The van der Waals surface area contributed by atoms with Gasteiger partial charge in [-0.25, -0.2) is 9.97 Å². The van der Waals surface area contributed by atoms with Crippen molar-refractivity contribution in [1.29, 1.82) is 0 Å². The third-order valence-electron chi connectivity index (χ3n) is 3.44. The Hall–Kier alpha value is -0.970. The molecule has 0 saturated carbocycles. The predicted molar refractivity (Wildman–Crippen MR) is 84.8 cm³/mol. The Bertz CT molecular complexity index is 670. The van der Waals surface area contributed by atoms with Gasteiger partial charge in [-0.15, -0.1) is 0 Å². The summed E-state index contributed by atoms with van der Waals surface area (Å²) in [6, 6.07) is 5.79. The summed E-state index contributed by atoms with van der Waals surface area (Å²) in [5, 5.41) is 4.04. The molecule has 20 heavy (non-hydrogen) atoms. The lowest BCUT2D eigenvalue weighted by molar-refractivity contribution is 0.746. The van der Waals surface area contributed by atoms with Crippen LogP contribution in [0, 0.1) is 0 Å². The molecule has 0 saturated heterocycles. The molecular weight excluding hydrogens is 338 g/mol. The Morgan fingerprint density at radius 3 is 2.75 bits per heavy atom. The van der Waals surface area contributed by atoms with Crippen LogP contribution in [0.3, 0.4) is 0 Å². The van der Waals surface area contributed by atoms with E-state index in [0.29, 0.717) is 10.9 Å². The molecule has 1 N–H and O–H groups in total. The predicted octanol–water partition coefficient (Wildman–Crippen LogP) is 4.29. The first-order chi connectivity index (χ1) is 9.56. The quantitative estimate of drug-likeness (QED) is 0.876. The van der Waals surface area contributed by atoms with Gasteiger partial charge < -0.3 is 5.32 Å². The van der Waals surface area contributed by atoms with Crippen LogP contribution in [0.2, 0.25) is 5.02 Å². The molecule has 104 valence electrons. The molecule has 0 unspecified atom stereocenters. The zero-order chi connectivity index (χ0) is 14.3. The summed E-state index contributed by atoms with van der Waals surface area (Å²) in [5.41, 5.74) is 4.50. The normalized spacial score (nSPS) is 13.8. The highest BCUT2D eigenvalue weighted by atomic mass is 79.9. The van der Waals surface area contributed by atoms with Crippen molar-refractivity contribution in [1.82, 2.24) is 15.3 Å². The lowest BCUT2D eigenvalue weighted by Crippen LogP contribution is -2.05. The lowest BCUT2D eigenvalue weighted by Gasteiger charge is -2.12. The molecule has 5 heteroatoms. The van der Waals surface area contributed by atoms with E-state index >= 15 is 0 Å². The highest BCUT2D eigenvalue weighted by Gasteiger charge is 2.21. The van der Waals surface area contributed by atoms with Crippen LogP contribution >= 0.6 is 27.5 Å². The van der Waals surface area contributed by atoms with Gasteiger partial charge in [0.05, 0.1) is 16.4 Å². The molecule has 1 aliphatic heterocycles. The van der Waals surface area contributed by atoms with Crippen LogP contribution in [-0.2, 0) is 13.1 Å². The SMILES string of the molecule is CC(C)c1nc(-c2ccc(Cl)c(Br)c2)nc2c1CNC2. The van der Waals surface area contributed by atoms with Crippen molar-refractivity contribution in [2.24, 2.45) is 0 Å². The Labute approximate surface area is 131 Å². The smallest absolute Gasteiger partial charge is 0.159 e. The largest absolute Gasteiger partial charge is 0.307 e. The number of hydrogen-bond donors (Lipinski definition) is 1. The van der Waals surface area contributed by atoms with Gasteiger partial charge in [-0.3, -0.25) is 0 Å². The standard InChI is InChI=1S/C15H15BrClN3/c1-8(2)14-10-6-18-7-13(10)19-15(20-14)9-3-4-12(17)11(16)5-9/h3-5,8,18H,6-7H2,1-2H3. The van der Waals surface area contributed by atoms with Gasteiger partial charge in [-0.1, -0.05) is 25.4 Å². The molecule has 0 atom stereocenters. The topological polar surface area (TPSA) is 37.8 Å². The summed E-state index contributed by atoms with van der Waals surface area (Å²) >= 11 is 9.50. The molecule has 0 spiro atoms. The number of halogens is 2. The number of benzene rings is 1. The Balaban J connectivity index is 2.14. The third kappa shape index (κ3) is 2.48. The first-order valence-corrected chi connectivity index (χ1v) is 7.79. The van der Waals surface area contributed by atoms with Gasteiger partial charge >= 0.3 is 0 Å². The molecule has 2 heterocycles. The molecule has 0 amide bonds. The molecule has 0 bridgehead atoms. The maximum absolute atomic E-state index is 6.05. The average Bonchev–Trinajstić information content (AvgIpc) is 2.88. The van der Waals surface area contributed by atoms with Crippen molar-refractivity contribution in [3.63, 3.8) is 0 Å². The second-order valence-electron chi connectivity index (χ2n) is 5.24. The van der Waals surface area contributed by atoms with E-state index in [-0.39, 0.29) is 0 Å². The van der Waals surface area contributed by atoms with Crippen LogP contribution < -0.4 is 5.32 Å². The molecule has 0 radical (unpaired) electrons. The first kappa shape index (κ1) is 14.0. The zero-order valence-electron chi connectivity index (χ0n) is 11.4. The first-order valence-electron chi connectivity index (χ1n) is 6.62. The van der Waals surface area contributed by atoms with Crippen LogP contribution in [0.15, 0.2) is 22.7 Å². The van der Waals surface area contributed by atoms with Crippen molar-refractivity contribution >= 4 is 27.5 Å². The molecular formula is C15H15BrClN3. The molecule has 1 aliphatic rings. The zero-order valence-corrected chi connectivity index (χ0v) is 13.7. The highest BCUT2D eigenvalue weighted by molar-refractivity contribution is 9.10. The van der Waals surface area contributed by atoms with Crippen molar-refractivity contribution in [2.45, 2.75) is 32.9 Å². The lowest BCUT2D eigenvalue weighted by atomic mass is 10.0. The molecule has 3 nitrogen and oxygen atoms in total. The molecule has 1 aromatic carbocycles. The van der Waals surface area contributed by atoms with E-state index in [1.54, 1.807) is 0 Å². The van der Waals surface area contributed by atoms with Gasteiger partial charge in [0.15, 0.2) is 5.82 Å².